The molecule has 3 aromatic rings. The van der Waals surface area contributed by atoms with Crippen molar-refractivity contribution in [1.82, 2.24) is 4.74 Å². The lowest BCUT2D eigenvalue weighted by Gasteiger charge is -2.27. The molecule has 5 nitrogen and oxygen atoms in total. The summed E-state index contributed by atoms with van der Waals surface area (Å²) in [6.07, 6.45) is -3.47. The summed E-state index contributed by atoms with van der Waals surface area (Å²) in [5, 5.41) is 0.00385. The van der Waals surface area contributed by atoms with Crippen LogP contribution in [0.2, 0.25) is 5.02 Å². The lowest BCUT2D eigenvalue weighted by Crippen LogP contribution is -2.31. The molecule has 160 valence electrons. The number of benzene rings is 2. The average Bonchev–Trinajstić information content (AvgIpc) is 3.03. The maximum atomic E-state index is 12.9. The van der Waals surface area contributed by atoms with E-state index in [0.29, 0.717) is 34.9 Å². The van der Waals surface area contributed by atoms with Crippen molar-refractivity contribution in [1.29, 1.82) is 0 Å². The minimum absolute atomic E-state index is 0.216. The first-order chi connectivity index (χ1) is 14.1. The Morgan fingerprint density at radius 3 is 2.40 bits per heavy atom. The largest absolute Gasteiger partial charge is 0.416 e. The van der Waals surface area contributed by atoms with Crippen LogP contribution < -0.4 is 5.56 Å². The molecule has 1 heterocycles. The van der Waals surface area contributed by atoms with Gasteiger partial charge in [0.05, 0.1) is 27.1 Å². The van der Waals surface area contributed by atoms with E-state index in [-0.39, 0.29) is 29.3 Å². The van der Waals surface area contributed by atoms with Gasteiger partial charge in [-0.05, 0) is 56.0 Å². The molecule has 0 bridgehead atoms. The number of hydrogen-bond acceptors (Lipinski definition) is 4. The molecule has 2 aromatic carbocycles. The van der Waals surface area contributed by atoms with E-state index in [2.05, 4.69) is 0 Å². The quantitative estimate of drug-likeness (QED) is 0.538. The molecule has 4 rings (SSSR count). The topological polar surface area (TPSA) is 69.3 Å². The third-order valence-electron chi connectivity index (χ3n) is 5.48. The zero-order valence-corrected chi connectivity index (χ0v) is 17.1. The molecule has 0 radical (unpaired) electrons. The summed E-state index contributed by atoms with van der Waals surface area (Å²) in [7, 11) is -3.93. The molecule has 1 fully saturated rings. The van der Waals surface area contributed by atoms with Crippen LogP contribution in [0.15, 0.2) is 56.7 Å². The van der Waals surface area contributed by atoms with Gasteiger partial charge in [0.2, 0.25) is 0 Å². The van der Waals surface area contributed by atoms with Gasteiger partial charge < -0.3 is 4.52 Å². The number of hydrogen-bond donors (Lipinski definition) is 0. The summed E-state index contributed by atoms with van der Waals surface area (Å²) < 4.78 is 71.5. The first-order valence-electron chi connectivity index (χ1n) is 9.29. The number of alkyl halides is 3. The number of rotatable bonds is 3. The van der Waals surface area contributed by atoms with Gasteiger partial charge in [-0.2, -0.15) is 17.9 Å². The molecular weight excluding hydrogens is 443 g/mol. The first-order valence-corrected chi connectivity index (χ1v) is 11.2. The zero-order valence-electron chi connectivity index (χ0n) is 15.5. The van der Waals surface area contributed by atoms with Gasteiger partial charge in [-0.1, -0.05) is 17.7 Å². The highest BCUT2D eigenvalue weighted by atomic mass is 35.5. The molecule has 0 unspecified atom stereocenters. The Morgan fingerprint density at radius 2 is 1.73 bits per heavy atom. The highest BCUT2D eigenvalue weighted by Crippen LogP contribution is 2.36. The van der Waals surface area contributed by atoms with Crippen LogP contribution in [-0.4, -0.2) is 18.4 Å². The fraction of sp³-hybridized carbons (Fsp3) is 0.350. The van der Waals surface area contributed by atoms with Crippen LogP contribution in [0.1, 0.15) is 37.3 Å². The van der Waals surface area contributed by atoms with Gasteiger partial charge in [-0.3, -0.25) is 4.79 Å². The second-order valence-corrected chi connectivity index (χ2v) is 10.0. The molecular formula is C20H17ClF3NO4S. The number of aromatic nitrogens is 1. The van der Waals surface area contributed by atoms with Crippen molar-refractivity contribution in [2.24, 2.45) is 0 Å². The van der Waals surface area contributed by atoms with Crippen molar-refractivity contribution in [3.8, 4) is 0 Å². The summed E-state index contributed by atoms with van der Waals surface area (Å²) in [5.74, 6) is 0. The minimum atomic E-state index is -4.62. The number of sulfone groups is 1. The zero-order chi connectivity index (χ0) is 21.7. The van der Waals surface area contributed by atoms with Gasteiger partial charge in [0.25, 0.3) is 5.56 Å². The third kappa shape index (κ3) is 3.76. The maximum Gasteiger partial charge on any atom is 0.416 e. The lowest BCUT2D eigenvalue weighted by molar-refractivity contribution is -0.137. The molecule has 10 heteroatoms. The average molecular weight is 460 g/mol. The molecule has 0 N–H and O–H groups in total. The van der Waals surface area contributed by atoms with E-state index in [1.807, 2.05) is 0 Å². The Labute approximate surface area is 174 Å². The van der Waals surface area contributed by atoms with Crippen LogP contribution in [0.25, 0.3) is 11.0 Å². The van der Waals surface area contributed by atoms with E-state index in [4.69, 9.17) is 16.1 Å². The normalized spacial score (nSPS) is 20.5. The number of halogens is 4. The highest BCUT2D eigenvalue weighted by molar-refractivity contribution is 7.92. The van der Waals surface area contributed by atoms with Crippen molar-refractivity contribution in [3.05, 3.63) is 63.4 Å². The van der Waals surface area contributed by atoms with E-state index in [0.717, 1.165) is 12.1 Å². The van der Waals surface area contributed by atoms with Gasteiger partial charge in [0.15, 0.2) is 15.4 Å². The SMILES string of the molecule is O=c1c2ccc(Cl)cc2on1C1CCC(S(=O)(=O)c2cccc(C(F)(F)F)c2)CC1. The molecule has 0 spiro atoms. The van der Waals surface area contributed by atoms with Gasteiger partial charge in [-0.25, -0.2) is 8.42 Å². The van der Waals surface area contributed by atoms with Crippen molar-refractivity contribution >= 4 is 32.4 Å². The van der Waals surface area contributed by atoms with Crippen LogP contribution in [-0.2, 0) is 16.0 Å². The summed E-state index contributed by atoms with van der Waals surface area (Å²) in [5.41, 5.74) is -0.957. The standard InChI is InChI=1S/C20H17ClF3NO4S/c21-13-4-9-17-18(11-13)29-25(19(17)26)14-5-7-15(8-6-14)30(27,28)16-3-1-2-12(10-16)20(22,23)24/h1-4,9-11,14-15H,5-8H2. The number of nitrogens with zero attached hydrogens (tertiary/aromatic N) is 1. The van der Waals surface area contributed by atoms with Gasteiger partial charge in [-0.15, -0.1) is 0 Å². The summed E-state index contributed by atoms with van der Waals surface area (Å²) in [4.78, 5) is 12.2. The molecule has 0 atom stereocenters. The van der Waals surface area contributed by atoms with Crippen LogP contribution >= 0.6 is 11.6 Å². The van der Waals surface area contributed by atoms with Crippen LogP contribution in [0.3, 0.4) is 0 Å². The van der Waals surface area contributed by atoms with Crippen LogP contribution in [0.5, 0.6) is 0 Å². The van der Waals surface area contributed by atoms with Gasteiger partial charge >= 0.3 is 6.18 Å². The van der Waals surface area contributed by atoms with E-state index in [1.165, 1.54) is 10.8 Å². The maximum absolute atomic E-state index is 12.9. The molecule has 30 heavy (non-hydrogen) atoms. The Hall–Kier alpha value is -2.26. The summed E-state index contributed by atoms with van der Waals surface area (Å²) >= 11 is 5.92. The van der Waals surface area contributed by atoms with Crippen molar-refractivity contribution in [3.63, 3.8) is 0 Å². The Balaban J connectivity index is 1.55. The first kappa shape index (κ1) is 21.0. The number of fused-ring (bicyclic) bond motifs is 1. The van der Waals surface area contributed by atoms with Crippen molar-refractivity contribution in [2.75, 3.05) is 0 Å². The van der Waals surface area contributed by atoms with Crippen molar-refractivity contribution < 1.29 is 26.1 Å². The van der Waals surface area contributed by atoms with Gasteiger partial charge in [0, 0.05) is 11.1 Å². The van der Waals surface area contributed by atoms with Gasteiger partial charge in [0.1, 0.15) is 0 Å². The molecule has 0 saturated heterocycles. The lowest BCUT2D eigenvalue weighted by atomic mass is 9.95. The van der Waals surface area contributed by atoms with E-state index in [1.54, 1.807) is 18.2 Å². The van der Waals surface area contributed by atoms with E-state index >= 15 is 0 Å². The third-order valence-corrected chi connectivity index (χ3v) is 7.97. The predicted octanol–water partition coefficient (Wildman–Crippen LogP) is 5.22. The Bertz CT molecular complexity index is 1260. The minimum Gasteiger partial charge on any atom is -0.375 e. The van der Waals surface area contributed by atoms with Crippen LogP contribution in [0, 0.1) is 0 Å². The summed E-state index contributed by atoms with van der Waals surface area (Å²) in [6.45, 7) is 0. The van der Waals surface area contributed by atoms with E-state index < -0.39 is 26.8 Å². The fourth-order valence-electron chi connectivity index (χ4n) is 3.89. The monoisotopic (exact) mass is 459 g/mol. The van der Waals surface area contributed by atoms with E-state index in [9.17, 15) is 26.4 Å². The van der Waals surface area contributed by atoms with Crippen LogP contribution in [0.4, 0.5) is 13.2 Å². The Kier molecular flexibility index (Phi) is 5.22. The predicted molar refractivity (Wildman–Crippen MR) is 105 cm³/mol. The molecule has 1 saturated carbocycles. The second kappa shape index (κ2) is 7.46. The molecule has 1 aromatic heterocycles. The second-order valence-electron chi connectivity index (χ2n) is 7.36. The molecule has 0 amide bonds. The highest BCUT2D eigenvalue weighted by Gasteiger charge is 2.36. The van der Waals surface area contributed by atoms with Crippen molar-refractivity contribution in [2.45, 2.75) is 48.0 Å². The molecule has 0 aliphatic heterocycles. The smallest absolute Gasteiger partial charge is 0.375 e. The molecule has 1 aliphatic rings. The summed E-state index contributed by atoms with van der Waals surface area (Å²) in [6, 6.07) is 8.18. The fourth-order valence-corrected chi connectivity index (χ4v) is 5.89. The molecule has 1 aliphatic carbocycles. The Morgan fingerprint density at radius 1 is 1.03 bits per heavy atom.